The summed E-state index contributed by atoms with van der Waals surface area (Å²) in [6.07, 6.45) is 14.9. The fraction of sp³-hybridized carbons (Fsp3) is 0.286. The first-order valence-electron chi connectivity index (χ1n) is 14.6. The van der Waals surface area contributed by atoms with E-state index >= 15 is 0 Å². The predicted molar refractivity (Wildman–Crippen MR) is 178 cm³/mol. The van der Waals surface area contributed by atoms with Crippen molar-refractivity contribution in [2.75, 3.05) is 14.2 Å². The fourth-order valence-corrected chi connectivity index (χ4v) is 4.91. The number of aliphatic hydroxyl groups is 2. The molecule has 0 spiro atoms. The molecule has 0 saturated carbocycles. The van der Waals surface area contributed by atoms with Crippen LogP contribution in [0.4, 0.5) is 50.4 Å². The number of imidazole rings is 4. The van der Waals surface area contributed by atoms with E-state index in [1.165, 1.54) is 0 Å². The normalized spacial score (nSPS) is 13.1. The van der Waals surface area contributed by atoms with E-state index in [2.05, 4.69) is 32.1 Å². The van der Waals surface area contributed by atoms with E-state index in [0.717, 1.165) is 59.7 Å². The Morgan fingerprint density at radius 1 is 0.448 bits per heavy atom. The second-order valence-corrected chi connectivity index (χ2v) is 14.7. The van der Waals surface area contributed by atoms with Gasteiger partial charge in [-0.25, -0.2) is 19.9 Å². The number of aliphatic hydroxyl groups excluding tert-OH is 2. The molecule has 0 bridgehead atoms. The number of rotatable bonds is 6. The summed E-state index contributed by atoms with van der Waals surface area (Å²) in [6, 6.07) is 8.24. The van der Waals surface area contributed by atoms with Crippen molar-refractivity contribution in [3.63, 3.8) is 0 Å². The van der Waals surface area contributed by atoms with Crippen LogP contribution in [0.1, 0.15) is 46.5 Å². The molecular weight excluding hydrogens is 987 g/mol. The quantitative estimate of drug-likeness (QED) is 0.192. The Balaban J connectivity index is -0.00000117. The minimum Gasteiger partial charge on any atom is -1.00 e. The molecule has 334 valence electrons. The second kappa shape index (κ2) is 20.0. The number of hydrogen-bond donors (Lipinski definition) is 2. The van der Waals surface area contributed by atoms with Gasteiger partial charge in [-0.3, -0.25) is 0 Å². The molecule has 5 heterocycles. The second-order valence-electron chi connectivity index (χ2n) is 10.9. The first-order valence-corrected chi connectivity index (χ1v) is 18.7. The van der Waals surface area contributed by atoms with Crippen molar-refractivity contribution >= 4 is 26.4 Å². The van der Waals surface area contributed by atoms with Crippen LogP contribution in [0.3, 0.4) is 0 Å². The van der Waals surface area contributed by atoms with Gasteiger partial charge in [0.1, 0.15) is 35.1 Å². The van der Waals surface area contributed by atoms with Crippen LogP contribution in [0.15, 0.2) is 73.8 Å². The van der Waals surface area contributed by atoms with Gasteiger partial charge in [-0.15, -0.1) is 0 Å². The average molecular weight is 1020 g/mol. The SMILES string of the molecule is CO.CO.Cn1ccnc1C(c1nnc(C(c2nccn2C)c2nccn2C)c2ccccc12)c1nccn1C.F[P-](F)(F)(F)(F)F.F[P-](F)(F)(F)(F)F.[Cl-].[Cl-].[Co+2].[Co+2]. The van der Waals surface area contributed by atoms with E-state index in [-0.39, 0.29) is 70.2 Å². The van der Waals surface area contributed by atoms with Gasteiger partial charge < -0.3 is 53.3 Å². The van der Waals surface area contributed by atoms with Gasteiger partial charge in [0.15, 0.2) is 0 Å². The van der Waals surface area contributed by atoms with Gasteiger partial charge in [-0.2, -0.15) is 10.2 Å². The summed E-state index contributed by atoms with van der Waals surface area (Å²) >= 11 is 0. The molecule has 2 N–H and O–H groups in total. The van der Waals surface area contributed by atoms with E-state index in [0.29, 0.717) is 0 Å². The number of benzene rings is 1. The van der Waals surface area contributed by atoms with Crippen LogP contribution < -0.4 is 24.8 Å². The monoisotopic (exact) mass is 1020 g/mol. The molecule has 5 aromatic heterocycles. The van der Waals surface area contributed by atoms with Gasteiger partial charge in [0.2, 0.25) is 0 Å². The van der Waals surface area contributed by atoms with Crippen LogP contribution >= 0.6 is 15.6 Å². The molecule has 0 aliphatic heterocycles. The van der Waals surface area contributed by atoms with Gasteiger partial charge in [-0.05, 0) is 0 Å². The summed E-state index contributed by atoms with van der Waals surface area (Å²) in [5, 5.41) is 25.7. The van der Waals surface area contributed by atoms with Gasteiger partial charge in [-0.1, -0.05) is 24.3 Å². The third-order valence-corrected chi connectivity index (χ3v) is 6.76. The van der Waals surface area contributed by atoms with Crippen LogP contribution in [0.5, 0.6) is 0 Å². The molecule has 30 heteroatoms. The number of hydrogen-bond acceptors (Lipinski definition) is 8. The minimum atomic E-state index is -10.7. The van der Waals surface area contributed by atoms with Crippen molar-refractivity contribution in [2.45, 2.75) is 11.8 Å². The topological polar surface area (TPSA) is 138 Å². The third-order valence-electron chi connectivity index (χ3n) is 6.76. The molecule has 12 nitrogen and oxygen atoms in total. The Kier molecular flexibility index (Phi) is 20.4. The largest absolute Gasteiger partial charge is 2.00 e. The fourth-order valence-electron chi connectivity index (χ4n) is 4.91. The summed E-state index contributed by atoms with van der Waals surface area (Å²) in [4.78, 5) is 18.7. The summed E-state index contributed by atoms with van der Waals surface area (Å²) in [5.74, 6) is 2.80. The minimum absolute atomic E-state index is 0. The Bertz CT molecular complexity index is 1920. The molecule has 1 aromatic carbocycles. The molecule has 6 rings (SSSR count). The van der Waals surface area contributed by atoms with Crippen molar-refractivity contribution in [3.8, 4) is 0 Å². The zero-order valence-electron chi connectivity index (χ0n) is 30.3. The molecule has 0 unspecified atom stereocenters. The molecule has 0 fully saturated rings. The molecular formula is C28H34Cl2Co2F12N10O2P2. The summed E-state index contributed by atoms with van der Waals surface area (Å²) < 4.78 is 126. The van der Waals surface area contributed by atoms with E-state index in [1.807, 2.05) is 83.4 Å². The molecule has 0 atom stereocenters. The van der Waals surface area contributed by atoms with Crippen molar-refractivity contribution in [3.05, 3.63) is 109 Å². The zero-order valence-corrected chi connectivity index (χ0v) is 35.7. The summed E-state index contributed by atoms with van der Waals surface area (Å²) in [6.45, 7) is 0. The van der Waals surface area contributed by atoms with E-state index in [4.69, 9.17) is 20.4 Å². The molecule has 0 saturated heterocycles. The third kappa shape index (κ3) is 19.8. The van der Waals surface area contributed by atoms with Gasteiger partial charge in [0.05, 0.1) is 11.4 Å². The summed E-state index contributed by atoms with van der Waals surface area (Å²) in [5.41, 5.74) is 1.60. The van der Waals surface area contributed by atoms with E-state index < -0.39 is 15.6 Å². The van der Waals surface area contributed by atoms with Crippen molar-refractivity contribution in [1.29, 1.82) is 0 Å². The average Bonchev–Trinajstić information content (AvgIpc) is 3.85. The maximum Gasteiger partial charge on any atom is 2.00 e. The van der Waals surface area contributed by atoms with Crippen molar-refractivity contribution in [1.82, 2.24) is 48.4 Å². The maximum absolute atomic E-state index is 10.7. The first kappa shape index (κ1) is 59.2. The Morgan fingerprint density at radius 2 is 0.638 bits per heavy atom. The number of aromatic nitrogens is 10. The molecule has 2 radical (unpaired) electrons. The van der Waals surface area contributed by atoms with Crippen molar-refractivity contribution < 1.29 is 119 Å². The van der Waals surface area contributed by atoms with Crippen molar-refractivity contribution in [2.24, 2.45) is 28.2 Å². The van der Waals surface area contributed by atoms with Crippen LogP contribution in [-0.4, -0.2) is 72.8 Å². The van der Waals surface area contributed by atoms with Crippen LogP contribution in [0.25, 0.3) is 10.8 Å². The smallest absolute Gasteiger partial charge is 1.00 e. The number of nitrogens with zero attached hydrogens (tertiary/aromatic N) is 10. The maximum atomic E-state index is 9.87. The number of fused-ring (bicyclic) bond motifs is 1. The van der Waals surface area contributed by atoms with Gasteiger partial charge in [0, 0.05) is 103 Å². The standard InChI is InChI=1S/C26H26N10.2CH4O.2ClH.2Co.2F6P/c1-33-13-9-27-23(33)19(24-28-10-14-34(24)2)21-17-7-5-6-8-18(17)22(32-31-21)20(25-29-11-15-35(25)3)26-30-12-16-36(26)4;2*1-2;;;;;2*1-7(2,3,4,5)6/h5-16,19-20H,1-4H3;2*2H,1H3;2*1H;;;;/q;;;;;2*+2;2*-1/p-2. The Labute approximate surface area is 355 Å². The number of aryl methyl sites for hydroxylation is 4. The van der Waals surface area contributed by atoms with E-state index in [1.54, 1.807) is 24.8 Å². The predicted octanol–water partition coefficient (Wildman–Crippen LogP) is 2.91. The number of halogens is 14. The van der Waals surface area contributed by atoms with Gasteiger partial charge in [0.25, 0.3) is 0 Å². The molecule has 0 aliphatic carbocycles. The first-order chi connectivity index (χ1) is 24.4. The molecule has 0 amide bonds. The Hall–Kier alpha value is -3.07. The van der Waals surface area contributed by atoms with Gasteiger partial charge >= 0.3 is 99.5 Å². The van der Waals surface area contributed by atoms with Crippen LogP contribution in [0.2, 0.25) is 0 Å². The zero-order chi connectivity index (χ0) is 41.6. The molecule has 58 heavy (non-hydrogen) atoms. The van der Waals surface area contributed by atoms with E-state index in [9.17, 15) is 50.4 Å². The molecule has 6 aromatic rings. The Morgan fingerprint density at radius 3 is 0.793 bits per heavy atom. The summed E-state index contributed by atoms with van der Waals surface area (Å²) in [7, 11) is -11.4. The van der Waals surface area contributed by atoms with Crippen LogP contribution in [0, 0.1) is 0 Å². The molecule has 0 aliphatic rings. The van der Waals surface area contributed by atoms with Crippen LogP contribution in [-0.2, 0) is 61.7 Å².